The van der Waals surface area contributed by atoms with E-state index >= 15 is 0 Å². The summed E-state index contributed by atoms with van der Waals surface area (Å²) < 4.78 is 0. The molecule has 4 nitrogen and oxygen atoms in total. The number of aromatic nitrogens is 1. The summed E-state index contributed by atoms with van der Waals surface area (Å²) in [4.78, 5) is 6.85. The van der Waals surface area contributed by atoms with Crippen LogP contribution in [0.25, 0.3) is 0 Å². The van der Waals surface area contributed by atoms with Crippen LogP contribution in [-0.2, 0) is 0 Å². The van der Waals surface area contributed by atoms with E-state index in [2.05, 4.69) is 51.3 Å². The highest BCUT2D eigenvalue weighted by molar-refractivity contribution is 7.13. The third kappa shape index (κ3) is 3.05. The molecule has 0 spiro atoms. The fraction of sp³-hybridized carbons (Fsp3) is 0.357. The van der Waals surface area contributed by atoms with Crippen LogP contribution in [0.4, 0.5) is 10.8 Å². The maximum absolute atomic E-state index is 5.72. The summed E-state index contributed by atoms with van der Waals surface area (Å²) in [7, 11) is 1.50. The van der Waals surface area contributed by atoms with Gasteiger partial charge in [0.25, 0.3) is 0 Å². The minimum atomic E-state index is 0.394. The van der Waals surface area contributed by atoms with Crippen LogP contribution in [0.15, 0.2) is 35.7 Å². The van der Waals surface area contributed by atoms with E-state index in [1.165, 1.54) is 30.5 Å². The molecule has 0 aliphatic carbocycles. The fourth-order valence-electron chi connectivity index (χ4n) is 2.46. The highest BCUT2D eigenvalue weighted by atomic mass is 32.1. The van der Waals surface area contributed by atoms with Crippen molar-refractivity contribution < 1.29 is 0 Å². The molecular formula is C14H20N4S. The molecule has 1 atom stereocenters. The van der Waals surface area contributed by atoms with Crippen LogP contribution in [0.2, 0.25) is 0 Å². The van der Waals surface area contributed by atoms with Crippen molar-refractivity contribution in [3.8, 4) is 0 Å². The molecule has 0 radical (unpaired) electrons. The van der Waals surface area contributed by atoms with Crippen molar-refractivity contribution in [3.63, 3.8) is 0 Å². The molecule has 2 aromatic rings. The Bertz CT molecular complexity index is 497. The summed E-state index contributed by atoms with van der Waals surface area (Å²) in [6.45, 7) is 1.10. The first-order valence-electron chi connectivity index (χ1n) is 6.45. The number of benzene rings is 1. The van der Waals surface area contributed by atoms with Crippen molar-refractivity contribution in [1.82, 2.24) is 4.98 Å². The molecule has 5 heteroatoms. The van der Waals surface area contributed by atoms with E-state index in [-0.39, 0.29) is 0 Å². The van der Waals surface area contributed by atoms with E-state index in [1.807, 2.05) is 0 Å². The summed E-state index contributed by atoms with van der Waals surface area (Å²) in [6.07, 6.45) is 2.38. The number of para-hydroxylation sites is 1. The number of nitrogens with two attached hydrogens (primary N) is 2. The van der Waals surface area contributed by atoms with Gasteiger partial charge in [-0.25, -0.2) is 4.98 Å². The molecule has 0 bridgehead atoms. The largest absolute Gasteiger partial charge is 0.375 e. The van der Waals surface area contributed by atoms with Crippen molar-refractivity contribution in [1.29, 1.82) is 0 Å². The van der Waals surface area contributed by atoms with Crippen LogP contribution in [-0.4, -0.2) is 18.6 Å². The minimum absolute atomic E-state index is 0.394. The highest BCUT2D eigenvalue weighted by Crippen LogP contribution is 2.36. The Labute approximate surface area is 118 Å². The van der Waals surface area contributed by atoms with Gasteiger partial charge in [0, 0.05) is 17.6 Å². The van der Waals surface area contributed by atoms with Gasteiger partial charge in [-0.15, -0.1) is 11.3 Å². The van der Waals surface area contributed by atoms with E-state index in [1.54, 1.807) is 0 Å². The lowest BCUT2D eigenvalue weighted by molar-refractivity contribution is 0.701. The molecular weight excluding hydrogens is 256 g/mol. The Hall–Kier alpha value is -1.59. The number of nitrogens with zero attached hydrogens (tertiary/aromatic N) is 2. The molecule has 3 rings (SSSR count). The minimum Gasteiger partial charge on any atom is -0.375 e. The van der Waals surface area contributed by atoms with Gasteiger partial charge in [-0.1, -0.05) is 18.2 Å². The van der Waals surface area contributed by atoms with Crippen LogP contribution in [0.5, 0.6) is 0 Å². The van der Waals surface area contributed by atoms with E-state index in [0.717, 1.165) is 18.7 Å². The number of hydrogen-bond donors (Lipinski definition) is 2. The van der Waals surface area contributed by atoms with E-state index < -0.39 is 0 Å². The molecule has 19 heavy (non-hydrogen) atoms. The second kappa shape index (κ2) is 6.54. The van der Waals surface area contributed by atoms with E-state index in [0.29, 0.717) is 11.2 Å². The van der Waals surface area contributed by atoms with Crippen LogP contribution in [0, 0.1) is 0 Å². The average molecular weight is 276 g/mol. The Balaban J connectivity index is 0.000000637. The lowest BCUT2D eigenvalue weighted by atomic mass is 10.1. The number of anilines is 2. The summed E-state index contributed by atoms with van der Waals surface area (Å²) in [6, 6.07) is 10.9. The van der Waals surface area contributed by atoms with Gasteiger partial charge in [0.05, 0.1) is 11.7 Å². The topological polar surface area (TPSA) is 68.2 Å². The molecule has 1 fully saturated rings. The van der Waals surface area contributed by atoms with Gasteiger partial charge >= 0.3 is 0 Å². The maximum Gasteiger partial charge on any atom is 0.180 e. The first kappa shape index (κ1) is 13.8. The summed E-state index contributed by atoms with van der Waals surface area (Å²) in [5.74, 6) is 0. The summed E-state index contributed by atoms with van der Waals surface area (Å²) in [5, 5.41) is 2.75. The first-order chi connectivity index (χ1) is 9.34. The van der Waals surface area contributed by atoms with Crippen LogP contribution in [0.1, 0.15) is 24.6 Å². The predicted octanol–water partition coefficient (Wildman–Crippen LogP) is 2.64. The van der Waals surface area contributed by atoms with Crippen molar-refractivity contribution in [2.24, 2.45) is 5.73 Å². The smallest absolute Gasteiger partial charge is 0.180 e. The highest BCUT2D eigenvalue weighted by Gasteiger charge is 2.27. The second-order valence-electron chi connectivity index (χ2n) is 4.30. The lowest BCUT2D eigenvalue weighted by Crippen LogP contribution is -2.22. The fourth-order valence-corrected chi connectivity index (χ4v) is 3.07. The average Bonchev–Trinajstić information content (AvgIpc) is 3.10. The molecule has 1 aliphatic rings. The quantitative estimate of drug-likeness (QED) is 0.885. The second-order valence-corrected chi connectivity index (χ2v) is 5.19. The Kier molecular flexibility index (Phi) is 4.76. The molecule has 4 N–H and O–H groups in total. The number of rotatable bonds is 2. The summed E-state index contributed by atoms with van der Waals surface area (Å²) in [5.41, 5.74) is 12.6. The standard InChI is InChI=1S/C13H15N3S.CH5N/c14-13-15-11(9-17-13)12-7-4-8-16(12)10-5-2-1-3-6-10;1-2/h1-3,5-6,9,12H,4,7-8H2,(H2,14,15);2H2,1H3. The Morgan fingerprint density at radius 1 is 1.26 bits per heavy atom. The van der Waals surface area contributed by atoms with Gasteiger partial charge < -0.3 is 16.4 Å². The number of nitrogen functional groups attached to an aromatic ring is 1. The molecule has 1 aliphatic heterocycles. The molecule has 2 heterocycles. The van der Waals surface area contributed by atoms with Gasteiger partial charge in [0.1, 0.15) is 0 Å². The molecule has 0 saturated carbocycles. The van der Waals surface area contributed by atoms with E-state index in [9.17, 15) is 0 Å². The third-order valence-electron chi connectivity index (χ3n) is 3.22. The summed E-state index contributed by atoms with van der Waals surface area (Å²) >= 11 is 1.53. The predicted molar refractivity (Wildman–Crippen MR) is 82.4 cm³/mol. The molecule has 1 aromatic carbocycles. The van der Waals surface area contributed by atoms with Gasteiger partial charge in [-0.3, -0.25) is 0 Å². The van der Waals surface area contributed by atoms with Gasteiger partial charge in [0.2, 0.25) is 0 Å². The van der Waals surface area contributed by atoms with Crippen LogP contribution < -0.4 is 16.4 Å². The Morgan fingerprint density at radius 2 is 2.00 bits per heavy atom. The number of hydrogen-bond acceptors (Lipinski definition) is 5. The zero-order valence-electron chi connectivity index (χ0n) is 11.1. The van der Waals surface area contributed by atoms with Crippen molar-refractivity contribution in [2.45, 2.75) is 18.9 Å². The third-order valence-corrected chi connectivity index (χ3v) is 3.91. The molecule has 0 amide bonds. The van der Waals surface area contributed by atoms with Gasteiger partial charge in [-0.2, -0.15) is 0 Å². The molecule has 1 aromatic heterocycles. The van der Waals surface area contributed by atoms with Gasteiger partial charge in [0.15, 0.2) is 5.13 Å². The molecule has 1 unspecified atom stereocenters. The Morgan fingerprint density at radius 3 is 2.63 bits per heavy atom. The van der Waals surface area contributed by atoms with Gasteiger partial charge in [-0.05, 0) is 32.0 Å². The monoisotopic (exact) mass is 276 g/mol. The van der Waals surface area contributed by atoms with E-state index in [4.69, 9.17) is 5.73 Å². The number of thiazole rings is 1. The van der Waals surface area contributed by atoms with Crippen molar-refractivity contribution >= 4 is 22.2 Å². The molecule has 1 saturated heterocycles. The lowest BCUT2D eigenvalue weighted by Gasteiger charge is -2.25. The molecule has 102 valence electrons. The maximum atomic E-state index is 5.72. The van der Waals surface area contributed by atoms with Crippen molar-refractivity contribution in [3.05, 3.63) is 41.4 Å². The van der Waals surface area contributed by atoms with Crippen LogP contribution in [0.3, 0.4) is 0 Å². The van der Waals surface area contributed by atoms with Crippen LogP contribution >= 0.6 is 11.3 Å². The normalized spacial score (nSPS) is 18.0. The van der Waals surface area contributed by atoms with Crippen molar-refractivity contribution in [2.75, 3.05) is 24.2 Å². The zero-order valence-corrected chi connectivity index (χ0v) is 11.9. The SMILES string of the molecule is CN.Nc1nc(C2CCCN2c2ccccc2)cs1. The zero-order chi connectivity index (χ0) is 13.7. The first-order valence-corrected chi connectivity index (χ1v) is 7.33.